The lowest BCUT2D eigenvalue weighted by Gasteiger charge is -2.31. The molecule has 1 amide bonds. The molecule has 170 valence electrons. The van der Waals surface area contributed by atoms with Crippen LogP contribution in [0.4, 0.5) is 5.82 Å². The van der Waals surface area contributed by atoms with Gasteiger partial charge < -0.3 is 19.5 Å². The molecule has 1 aliphatic rings. The largest absolute Gasteiger partial charge is 0.466 e. The number of hydrogen-bond donors (Lipinski definition) is 1. The summed E-state index contributed by atoms with van der Waals surface area (Å²) in [6, 6.07) is 5.60. The van der Waals surface area contributed by atoms with Crippen molar-refractivity contribution in [3.05, 3.63) is 58.5 Å². The highest BCUT2D eigenvalue weighted by atomic mass is 16.5. The number of carbonyl (C=O) groups is 2. The second-order valence-corrected chi connectivity index (χ2v) is 7.77. The second kappa shape index (κ2) is 10.8. The van der Waals surface area contributed by atoms with Gasteiger partial charge in [-0.3, -0.25) is 9.59 Å². The van der Waals surface area contributed by atoms with Crippen LogP contribution in [0.25, 0.3) is 12.7 Å². The lowest BCUT2D eigenvalue weighted by atomic mass is 9.97. The quantitative estimate of drug-likeness (QED) is 0.674. The van der Waals surface area contributed by atoms with Crippen LogP contribution in [-0.4, -0.2) is 41.1 Å². The number of anilines is 1. The summed E-state index contributed by atoms with van der Waals surface area (Å²) in [6.07, 6.45) is 8.87. The number of piperidine rings is 1. The van der Waals surface area contributed by atoms with E-state index in [0.717, 1.165) is 48.9 Å². The Labute approximate surface area is 189 Å². The van der Waals surface area contributed by atoms with Gasteiger partial charge in [-0.25, -0.2) is 4.98 Å². The molecule has 0 bridgehead atoms. The van der Waals surface area contributed by atoms with Gasteiger partial charge in [0, 0.05) is 43.1 Å². The summed E-state index contributed by atoms with van der Waals surface area (Å²) in [6.45, 7) is 12.6. The van der Waals surface area contributed by atoms with Gasteiger partial charge >= 0.3 is 5.97 Å². The molecule has 1 fully saturated rings. The summed E-state index contributed by atoms with van der Waals surface area (Å²) >= 11 is 0. The Balaban J connectivity index is 1.63. The average Bonchev–Trinajstić information content (AvgIpc) is 3.18. The van der Waals surface area contributed by atoms with Gasteiger partial charge in [0.25, 0.3) is 5.91 Å². The maximum atomic E-state index is 12.7. The van der Waals surface area contributed by atoms with Crippen LogP contribution in [-0.2, 0) is 16.1 Å². The van der Waals surface area contributed by atoms with E-state index in [1.165, 1.54) is 0 Å². The molecule has 0 unspecified atom stereocenters. The monoisotopic (exact) mass is 436 g/mol. The molecule has 1 aliphatic heterocycles. The molecule has 32 heavy (non-hydrogen) atoms. The molecule has 7 heteroatoms. The number of nitrogens with zero attached hydrogens (tertiary/aromatic N) is 3. The fourth-order valence-corrected chi connectivity index (χ4v) is 3.84. The van der Waals surface area contributed by atoms with Crippen LogP contribution in [0.1, 0.15) is 44.0 Å². The molecule has 0 aromatic carbocycles. The van der Waals surface area contributed by atoms with Crippen LogP contribution in [0.2, 0.25) is 0 Å². The van der Waals surface area contributed by atoms with E-state index < -0.39 is 0 Å². The van der Waals surface area contributed by atoms with Crippen molar-refractivity contribution < 1.29 is 14.3 Å². The zero-order chi connectivity index (χ0) is 23.1. The fraction of sp³-hybridized carbons (Fsp3) is 0.400. The van der Waals surface area contributed by atoms with Gasteiger partial charge in [0.15, 0.2) is 0 Å². The Kier molecular flexibility index (Phi) is 7.87. The Morgan fingerprint density at radius 1 is 1.25 bits per heavy atom. The molecular formula is C25H32N4O3. The van der Waals surface area contributed by atoms with Gasteiger partial charge in [-0.2, -0.15) is 0 Å². The minimum absolute atomic E-state index is 0.0422. The first kappa shape index (κ1) is 23.3. The van der Waals surface area contributed by atoms with Crippen LogP contribution < -0.4 is 20.8 Å². The van der Waals surface area contributed by atoms with Crippen LogP contribution in [0, 0.1) is 5.92 Å². The Bertz CT molecular complexity index is 1080. The van der Waals surface area contributed by atoms with E-state index >= 15 is 0 Å². The molecule has 0 radical (unpaired) electrons. The van der Waals surface area contributed by atoms with E-state index in [-0.39, 0.29) is 17.8 Å². The number of carbonyl (C=O) groups excluding carboxylic acids is 2. The Morgan fingerprint density at radius 2 is 2.00 bits per heavy atom. The minimum atomic E-state index is -0.213. The molecule has 0 atom stereocenters. The molecule has 7 nitrogen and oxygen atoms in total. The summed E-state index contributed by atoms with van der Waals surface area (Å²) in [5.74, 6) is 0.444. The maximum Gasteiger partial charge on any atom is 0.309 e. The highest BCUT2D eigenvalue weighted by Crippen LogP contribution is 2.23. The number of nitrogens with one attached hydrogen (secondary N) is 1. The van der Waals surface area contributed by atoms with Crippen LogP contribution in [0.15, 0.2) is 42.4 Å². The zero-order valence-electron chi connectivity index (χ0n) is 19.1. The summed E-state index contributed by atoms with van der Waals surface area (Å²) in [4.78, 5) is 31.3. The molecule has 0 saturated carbocycles. The SMILES string of the molecule is C=c1ccn(CC)/c1=C/C(=C\C)NC(=O)c1ccc(N2CCC(C(=O)OCC)CC2)nc1. The van der Waals surface area contributed by atoms with Crippen molar-refractivity contribution in [1.29, 1.82) is 0 Å². The normalized spacial score (nSPS) is 15.7. The van der Waals surface area contributed by atoms with Crippen molar-refractivity contribution in [2.24, 2.45) is 5.92 Å². The van der Waals surface area contributed by atoms with E-state index in [2.05, 4.69) is 33.3 Å². The Hall–Kier alpha value is -3.35. The third kappa shape index (κ3) is 5.46. The molecule has 0 aliphatic carbocycles. The molecule has 2 aromatic heterocycles. The number of esters is 1. The predicted octanol–water partition coefficient (Wildman–Crippen LogP) is 2.21. The van der Waals surface area contributed by atoms with E-state index in [1.807, 2.05) is 44.3 Å². The highest BCUT2D eigenvalue weighted by molar-refractivity contribution is 5.96. The van der Waals surface area contributed by atoms with Gasteiger partial charge in [-0.1, -0.05) is 12.7 Å². The Morgan fingerprint density at radius 3 is 2.59 bits per heavy atom. The number of hydrogen-bond acceptors (Lipinski definition) is 5. The molecule has 3 heterocycles. The van der Waals surface area contributed by atoms with Crippen LogP contribution in [0.3, 0.4) is 0 Å². The first-order valence-electron chi connectivity index (χ1n) is 11.2. The number of pyridine rings is 1. The lowest BCUT2D eigenvalue weighted by Crippen LogP contribution is -2.37. The lowest BCUT2D eigenvalue weighted by molar-refractivity contribution is -0.148. The minimum Gasteiger partial charge on any atom is -0.466 e. The van der Waals surface area contributed by atoms with Gasteiger partial charge in [0.2, 0.25) is 0 Å². The molecule has 1 saturated heterocycles. The van der Waals surface area contributed by atoms with Crippen LogP contribution in [0.5, 0.6) is 0 Å². The van der Waals surface area contributed by atoms with Gasteiger partial charge in [-0.15, -0.1) is 0 Å². The van der Waals surface area contributed by atoms with Gasteiger partial charge in [0.05, 0.1) is 18.1 Å². The summed E-state index contributed by atoms with van der Waals surface area (Å²) in [5.41, 5.74) is 1.20. The van der Waals surface area contributed by atoms with E-state index in [4.69, 9.17) is 4.74 Å². The van der Waals surface area contributed by atoms with E-state index in [1.54, 1.807) is 12.3 Å². The molecule has 0 spiro atoms. The average molecular weight is 437 g/mol. The third-order valence-corrected chi connectivity index (χ3v) is 5.74. The smallest absolute Gasteiger partial charge is 0.309 e. The molecule has 3 rings (SSSR count). The van der Waals surface area contributed by atoms with Crippen molar-refractivity contribution >= 4 is 30.3 Å². The first-order valence-corrected chi connectivity index (χ1v) is 11.2. The number of aromatic nitrogens is 2. The maximum absolute atomic E-state index is 12.7. The van der Waals surface area contributed by atoms with Crippen molar-refractivity contribution in [1.82, 2.24) is 14.9 Å². The van der Waals surface area contributed by atoms with E-state index in [0.29, 0.717) is 17.9 Å². The topological polar surface area (TPSA) is 76.5 Å². The third-order valence-electron chi connectivity index (χ3n) is 5.74. The number of amides is 1. The summed E-state index contributed by atoms with van der Waals surface area (Å²) in [5, 5.41) is 4.84. The predicted molar refractivity (Wildman–Crippen MR) is 126 cm³/mol. The number of rotatable bonds is 7. The number of ether oxygens (including phenoxy) is 1. The molecular weight excluding hydrogens is 404 g/mol. The fourth-order valence-electron chi connectivity index (χ4n) is 3.84. The van der Waals surface area contributed by atoms with Crippen molar-refractivity contribution in [3.63, 3.8) is 0 Å². The molecule has 2 aromatic rings. The van der Waals surface area contributed by atoms with Crippen LogP contribution >= 0.6 is 0 Å². The summed E-state index contributed by atoms with van der Waals surface area (Å²) < 4.78 is 7.21. The summed E-state index contributed by atoms with van der Waals surface area (Å²) in [7, 11) is 0. The number of allylic oxidation sites excluding steroid dienone is 2. The zero-order valence-corrected chi connectivity index (χ0v) is 19.1. The molecule has 1 N–H and O–H groups in total. The van der Waals surface area contributed by atoms with Crippen molar-refractivity contribution in [2.45, 2.75) is 40.2 Å². The first-order chi connectivity index (χ1) is 15.5. The number of aryl methyl sites for hydroxylation is 1. The highest BCUT2D eigenvalue weighted by Gasteiger charge is 2.26. The van der Waals surface area contributed by atoms with E-state index in [9.17, 15) is 9.59 Å². The second-order valence-electron chi connectivity index (χ2n) is 7.77. The van der Waals surface area contributed by atoms with Crippen molar-refractivity contribution in [2.75, 3.05) is 24.6 Å². The van der Waals surface area contributed by atoms with Gasteiger partial charge in [-0.05, 0) is 63.1 Å². The standard InChI is InChI=1S/C25H32N4O3/c1-5-21(16-22-18(4)10-13-28(22)6-2)27-24(30)20-8-9-23(26-17-20)29-14-11-19(12-15-29)25(31)32-7-3/h5,8-10,13,16-17,19H,4,6-7,11-12,14-15H2,1-3H3,(H,27,30)/b21-5+,22-16+. The van der Waals surface area contributed by atoms with Crippen molar-refractivity contribution in [3.8, 4) is 0 Å². The van der Waals surface area contributed by atoms with Gasteiger partial charge in [0.1, 0.15) is 5.82 Å².